The number of hydrogen-bond acceptors (Lipinski definition) is 3. The molecule has 1 unspecified atom stereocenters. The molecule has 0 spiro atoms. The summed E-state index contributed by atoms with van der Waals surface area (Å²) in [6.07, 6.45) is 3.24. The van der Waals surface area contributed by atoms with Crippen LogP contribution < -0.4 is 17.2 Å². The molecule has 1 atom stereocenters. The average Bonchev–Trinajstić information content (AvgIpc) is 2.47. The summed E-state index contributed by atoms with van der Waals surface area (Å²) < 4.78 is 2.90. The van der Waals surface area contributed by atoms with E-state index in [4.69, 9.17) is 11.5 Å². The lowest BCUT2D eigenvalue weighted by molar-refractivity contribution is -0.119. The van der Waals surface area contributed by atoms with Gasteiger partial charge in [0.2, 0.25) is 5.91 Å². The van der Waals surface area contributed by atoms with Gasteiger partial charge in [0, 0.05) is 18.9 Å². The summed E-state index contributed by atoms with van der Waals surface area (Å²) in [5.74, 6) is -0.610. The van der Waals surface area contributed by atoms with E-state index in [2.05, 4.69) is 0 Å². The fraction of sp³-hybridized carbons (Fsp3) is 0.500. The Labute approximate surface area is 81.1 Å². The minimum atomic E-state index is -0.819. The second-order valence-electron chi connectivity index (χ2n) is 3.03. The maximum atomic E-state index is 11.5. The second-order valence-corrected chi connectivity index (χ2v) is 3.03. The summed E-state index contributed by atoms with van der Waals surface area (Å²) in [6, 6.07) is -0.819. The number of nitrogens with two attached hydrogens (primary N) is 2. The molecule has 0 fully saturated rings. The Morgan fingerprint density at radius 3 is 2.50 bits per heavy atom. The smallest absolute Gasteiger partial charge is 0.328 e. The molecular formula is C8H14N4O2. The summed E-state index contributed by atoms with van der Waals surface area (Å²) in [6.45, 7) is 2.58. The topological polar surface area (TPSA) is 96.0 Å². The molecule has 14 heavy (non-hydrogen) atoms. The van der Waals surface area contributed by atoms with Crippen molar-refractivity contribution in [1.29, 1.82) is 0 Å². The van der Waals surface area contributed by atoms with Gasteiger partial charge in [0.1, 0.15) is 6.04 Å². The van der Waals surface area contributed by atoms with Crippen molar-refractivity contribution in [3.63, 3.8) is 0 Å². The van der Waals surface area contributed by atoms with Crippen molar-refractivity contribution >= 4 is 5.91 Å². The number of aryl methyl sites for hydroxylation is 1. The minimum absolute atomic E-state index is 0.126. The molecule has 6 heteroatoms. The van der Waals surface area contributed by atoms with Gasteiger partial charge in [-0.3, -0.25) is 13.9 Å². The number of imidazole rings is 1. The lowest BCUT2D eigenvalue weighted by atomic mass is 10.3. The summed E-state index contributed by atoms with van der Waals surface area (Å²) in [5.41, 5.74) is 10.2. The fourth-order valence-corrected chi connectivity index (χ4v) is 1.13. The van der Waals surface area contributed by atoms with Crippen LogP contribution in [0, 0.1) is 0 Å². The summed E-state index contributed by atoms with van der Waals surface area (Å²) in [7, 11) is 0. The van der Waals surface area contributed by atoms with Crippen LogP contribution in [-0.2, 0) is 17.9 Å². The van der Waals surface area contributed by atoms with Crippen molar-refractivity contribution in [3.8, 4) is 0 Å². The Balaban J connectivity index is 2.83. The first-order valence-electron chi connectivity index (χ1n) is 4.36. The standard InChI is InChI=1S/C8H14N4O2/c1-2-11-3-4-12(8(11)14)5-6(9)7(10)13/h3-4,6H,2,5,9H2,1H3,(H2,10,13). The Morgan fingerprint density at radius 2 is 2.07 bits per heavy atom. The molecule has 1 aromatic heterocycles. The normalized spacial score (nSPS) is 12.7. The van der Waals surface area contributed by atoms with Crippen molar-refractivity contribution in [2.24, 2.45) is 11.5 Å². The van der Waals surface area contributed by atoms with E-state index < -0.39 is 11.9 Å². The van der Waals surface area contributed by atoms with E-state index in [1.54, 1.807) is 12.4 Å². The van der Waals surface area contributed by atoms with Gasteiger partial charge in [-0.15, -0.1) is 0 Å². The molecule has 0 aliphatic heterocycles. The number of carbonyl (C=O) groups is 1. The number of nitrogens with zero attached hydrogens (tertiary/aromatic N) is 2. The van der Waals surface area contributed by atoms with Crippen LogP contribution >= 0.6 is 0 Å². The predicted molar refractivity (Wildman–Crippen MR) is 51.5 cm³/mol. The number of hydrogen-bond donors (Lipinski definition) is 2. The van der Waals surface area contributed by atoms with Gasteiger partial charge in [-0.05, 0) is 6.92 Å². The molecule has 0 aromatic carbocycles. The maximum absolute atomic E-state index is 11.5. The van der Waals surface area contributed by atoms with Crippen molar-refractivity contribution in [2.75, 3.05) is 0 Å². The first-order chi connectivity index (χ1) is 6.56. The number of rotatable bonds is 4. The summed E-state index contributed by atoms with van der Waals surface area (Å²) in [5, 5.41) is 0. The van der Waals surface area contributed by atoms with Crippen molar-refractivity contribution in [3.05, 3.63) is 22.9 Å². The highest BCUT2D eigenvalue weighted by atomic mass is 16.2. The van der Waals surface area contributed by atoms with Crippen LogP contribution in [-0.4, -0.2) is 21.1 Å². The van der Waals surface area contributed by atoms with Crippen LogP contribution in [0.4, 0.5) is 0 Å². The van der Waals surface area contributed by atoms with Crippen molar-refractivity contribution < 1.29 is 4.79 Å². The number of amides is 1. The highest BCUT2D eigenvalue weighted by molar-refractivity contribution is 5.79. The molecule has 1 aromatic rings. The third kappa shape index (κ3) is 2.02. The molecule has 78 valence electrons. The van der Waals surface area contributed by atoms with E-state index in [9.17, 15) is 9.59 Å². The highest BCUT2D eigenvalue weighted by Crippen LogP contribution is 1.88. The quantitative estimate of drug-likeness (QED) is 0.615. The molecule has 1 rings (SSSR count). The fourth-order valence-electron chi connectivity index (χ4n) is 1.13. The van der Waals surface area contributed by atoms with Gasteiger partial charge in [-0.2, -0.15) is 0 Å². The van der Waals surface area contributed by atoms with E-state index >= 15 is 0 Å². The molecular weight excluding hydrogens is 184 g/mol. The number of primary amides is 1. The molecule has 1 amide bonds. The molecule has 0 bridgehead atoms. The predicted octanol–water partition coefficient (Wildman–Crippen LogP) is -1.52. The third-order valence-corrected chi connectivity index (χ3v) is 2.02. The van der Waals surface area contributed by atoms with Gasteiger partial charge in [0.05, 0.1) is 6.54 Å². The van der Waals surface area contributed by atoms with Crippen LogP contribution in [0.15, 0.2) is 17.2 Å². The largest absolute Gasteiger partial charge is 0.368 e. The Morgan fingerprint density at radius 1 is 1.50 bits per heavy atom. The zero-order valence-corrected chi connectivity index (χ0v) is 8.01. The van der Waals surface area contributed by atoms with Gasteiger partial charge in [0.15, 0.2) is 0 Å². The Kier molecular flexibility index (Phi) is 3.08. The second kappa shape index (κ2) is 4.10. The van der Waals surface area contributed by atoms with Crippen LogP contribution in [0.2, 0.25) is 0 Å². The van der Waals surface area contributed by atoms with Crippen molar-refractivity contribution in [1.82, 2.24) is 9.13 Å². The lowest BCUT2D eigenvalue weighted by Crippen LogP contribution is -2.42. The SMILES string of the molecule is CCn1ccn(CC(N)C(N)=O)c1=O. The van der Waals surface area contributed by atoms with Gasteiger partial charge in [-0.1, -0.05) is 0 Å². The van der Waals surface area contributed by atoms with Crippen LogP contribution in [0.25, 0.3) is 0 Å². The van der Waals surface area contributed by atoms with Crippen LogP contribution in [0.5, 0.6) is 0 Å². The summed E-state index contributed by atoms with van der Waals surface area (Å²) in [4.78, 5) is 22.1. The third-order valence-electron chi connectivity index (χ3n) is 2.02. The molecule has 4 N–H and O–H groups in total. The van der Waals surface area contributed by atoms with E-state index in [1.807, 2.05) is 6.92 Å². The van der Waals surface area contributed by atoms with Gasteiger partial charge in [-0.25, -0.2) is 4.79 Å². The van der Waals surface area contributed by atoms with Crippen LogP contribution in [0.3, 0.4) is 0 Å². The van der Waals surface area contributed by atoms with Crippen LogP contribution in [0.1, 0.15) is 6.92 Å². The number of aromatic nitrogens is 2. The lowest BCUT2D eigenvalue weighted by Gasteiger charge is -2.06. The number of carbonyl (C=O) groups excluding carboxylic acids is 1. The molecule has 0 saturated carbocycles. The first kappa shape index (κ1) is 10.5. The van der Waals surface area contributed by atoms with Gasteiger partial charge < -0.3 is 11.5 Å². The minimum Gasteiger partial charge on any atom is -0.368 e. The maximum Gasteiger partial charge on any atom is 0.328 e. The molecule has 0 radical (unpaired) electrons. The molecule has 0 saturated heterocycles. The van der Waals surface area contributed by atoms with Crippen molar-refractivity contribution in [2.45, 2.75) is 26.1 Å². The Hall–Kier alpha value is -1.56. The Bertz CT molecular complexity index is 379. The van der Waals surface area contributed by atoms with E-state index in [0.29, 0.717) is 6.54 Å². The molecule has 0 aliphatic carbocycles. The van der Waals surface area contributed by atoms with E-state index in [0.717, 1.165) is 0 Å². The molecule has 6 nitrogen and oxygen atoms in total. The zero-order chi connectivity index (χ0) is 10.7. The summed E-state index contributed by atoms with van der Waals surface area (Å²) >= 11 is 0. The highest BCUT2D eigenvalue weighted by Gasteiger charge is 2.11. The van der Waals surface area contributed by atoms with Gasteiger partial charge in [0.25, 0.3) is 0 Å². The van der Waals surface area contributed by atoms with E-state index in [-0.39, 0.29) is 12.2 Å². The average molecular weight is 198 g/mol. The monoisotopic (exact) mass is 198 g/mol. The van der Waals surface area contributed by atoms with E-state index in [1.165, 1.54) is 9.13 Å². The molecule has 1 heterocycles. The molecule has 0 aliphatic rings. The first-order valence-corrected chi connectivity index (χ1v) is 4.36. The zero-order valence-electron chi connectivity index (χ0n) is 8.01. The van der Waals surface area contributed by atoms with Gasteiger partial charge >= 0.3 is 5.69 Å².